The second-order valence-electron chi connectivity index (χ2n) is 5.64. The fourth-order valence-corrected chi connectivity index (χ4v) is 3.05. The normalized spacial score (nSPS) is 21.0. The number of anilines is 1. The first-order chi connectivity index (χ1) is 10.2. The van der Waals surface area contributed by atoms with Crippen LogP contribution in [0.25, 0.3) is 0 Å². The first kappa shape index (κ1) is 13.9. The fourth-order valence-electron chi connectivity index (χ4n) is 3.05. The van der Waals surface area contributed by atoms with Gasteiger partial charge in [0.2, 0.25) is 0 Å². The molecule has 1 aromatic rings. The number of hydrazone groups is 1. The van der Waals surface area contributed by atoms with E-state index in [0.717, 1.165) is 44.4 Å². The molecule has 0 aliphatic carbocycles. The maximum Gasteiger partial charge on any atom is 0.407 e. The number of carboxylic acid groups (broad SMARTS) is 1. The number of amides is 1. The average Bonchev–Trinajstić information content (AvgIpc) is 2.73. The third-order valence-corrected chi connectivity index (χ3v) is 4.18. The zero-order valence-corrected chi connectivity index (χ0v) is 12.2. The maximum absolute atomic E-state index is 11.0. The summed E-state index contributed by atoms with van der Waals surface area (Å²) < 4.78 is 0. The smallest absolute Gasteiger partial charge is 0.407 e. The SMILES string of the molecule is O=C(O)N1CCCC(=NN2CCCc3ccccc32)CC1. The molecule has 2 heterocycles. The molecule has 1 aromatic carbocycles. The van der Waals surface area contributed by atoms with Crippen molar-refractivity contribution in [1.29, 1.82) is 0 Å². The van der Waals surface area contributed by atoms with Crippen LogP contribution in [0.15, 0.2) is 29.4 Å². The van der Waals surface area contributed by atoms with Gasteiger partial charge in [0.25, 0.3) is 0 Å². The molecule has 2 aliphatic rings. The highest BCUT2D eigenvalue weighted by atomic mass is 16.4. The van der Waals surface area contributed by atoms with Crippen molar-refractivity contribution in [3.63, 3.8) is 0 Å². The van der Waals surface area contributed by atoms with Gasteiger partial charge in [0.05, 0.1) is 5.69 Å². The Kier molecular flexibility index (Phi) is 4.08. The molecule has 1 fully saturated rings. The minimum Gasteiger partial charge on any atom is -0.465 e. The van der Waals surface area contributed by atoms with E-state index in [1.165, 1.54) is 16.2 Å². The van der Waals surface area contributed by atoms with E-state index in [0.29, 0.717) is 13.1 Å². The van der Waals surface area contributed by atoms with E-state index in [9.17, 15) is 4.79 Å². The third kappa shape index (κ3) is 3.17. The Labute approximate surface area is 124 Å². The van der Waals surface area contributed by atoms with Crippen LogP contribution >= 0.6 is 0 Å². The molecule has 0 radical (unpaired) electrons. The number of aryl methyl sites for hydroxylation is 1. The van der Waals surface area contributed by atoms with Crippen LogP contribution in [0.1, 0.15) is 31.2 Å². The van der Waals surface area contributed by atoms with Crippen LogP contribution in [-0.4, -0.2) is 41.4 Å². The van der Waals surface area contributed by atoms with Crippen molar-refractivity contribution in [3.05, 3.63) is 29.8 Å². The average molecular weight is 287 g/mol. The summed E-state index contributed by atoms with van der Waals surface area (Å²) in [7, 11) is 0. The van der Waals surface area contributed by atoms with Crippen LogP contribution in [0.2, 0.25) is 0 Å². The van der Waals surface area contributed by atoms with E-state index in [2.05, 4.69) is 29.3 Å². The van der Waals surface area contributed by atoms with Gasteiger partial charge in [0.15, 0.2) is 0 Å². The van der Waals surface area contributed by atoms with Crippen molar-refractivity contribution >= 4 is 17.5 Å². The first-order valence-corrected chi connectivity index (χ1v) is 7.64. The van der Waals surface area contributed by atoms with Crippen LogP contribution in [0.4, 0.5) is 10.5 Å². The van der Waals surface area contributed by atoms with E-state index < -0.39 is 6.09 Å². The van der Waals surface area contributed by atoms with Gasteiger partial charge in [0, 0.05) is 31.8 Å². The van der Waals surface area contributed by atoms with Gasteiger partial charge in [-0.05, 0) is 37.3 Å². The molecular weight excluding hydrogens is 266 g/mol. The molecule has 0 aromatic heterocycles. The molecule has 1 saturated heterocycles. The van der Waals surface area contributed by atoms with Crippen LogP contribution in [0.3, 0.4) is 0 Å². The van der Waals surface area contributed by atoms with Crippen molar-refractivity contribution in [3.8, 4) is 0 Å². The Morgan fingerprint density at radius 1 is 1.05 bits per heavy atom. The largest absolute Gasteiger partial charge is 0.465 e. The summed E-state index contributed by atoms with van der Waals surface area (Å²) in [6.45, 7) is 2.12. The van der Waals surface area contributed by atoms with Gasteiger partial charge >= 0.3 is 6.09 Å². The van der Waals surface area contributed by atoms with Crippen LogP contribution in [0.5, 0.6) is 0 Å². The summed E-state index contributed by atoms with van der Waals surface area (Å²) in [6, 6.07) is 8.42. The molecule has 0 unspecified atom stereocenters. The molecule has 3 rings (SSSR count). The highest BCUT2D eigenvalue weighted by Crippen LogP contribution is 2.27. The molecule has 0 atom stereocenters. The number of rotatable bonds is 1. The zero-order valence-electron chi connectivity index (χ0n) is 12.2. The van der Waals surface area contributed by atoms with Gasteiger partial charge in [-0.15, -0.1) is 0 Å². The molecule has 1 N–H and O–H groups in total. The quantitative estimate of drug-likeness (QED) is 0.864. The predicted molar refractivity (Wildman–Crippen MR) is 83.0 cm³/mol. The third-order valence-electron chi connectivity index (χ3n) is 4.18. The monoisotopic (exact) mass is 287 g/mol. The molecule has 2 aliphatic heterocycles. The number of carbonyl (C=O) groups is 1. The van der Waals surface area contributed by atoms with Gasteiger partial charge < -0.3 is 10.0 Å². The van der Waals surface area contributed by atoms with E-state index in [4.69, 9.17) is 10.2 Å². The summed E-state index contributed by atoms with van der Waals surface area (Å²) in [5.74, 6) is 0. The Hall–Kier alpha value is -2.04. The molecular formula is C16H21N3O2. The lowest BCUT2D eigenvalue weighted by atomic mass is 10.0. The van der Waals surface area contributed by atoms with Gasteiger partial charge in [0.1, 0.15) is 0 Å². The first-order valence-electron chi connectivity index (χ1n) is 7.64. The lowest BCUT2D eigenvalue weighted by Gasteiger charge is -2.27. The Morgan fingerprint density at radius 3 is 2.71 bits per heavy atom. The molecule has 0 saturated carbocycles. The molecule has 21 heavy (non-hydrogen) atoms. The van der Waals surface area contributed by atoms with Crippen molar-refractivity contribution in [2.45, 2.75) is 32.1 Å². The Morgan fingerprint density at radius 2 is 1.86 bits per heavy atom. The number of likely N-dealkylation sites (tertiary alicyclic amines) is 1. The Balaban J connectivity index is 1.75. The number of hydrogen-bond acceptors (Lipinski definition) is 3. The molecule has 5 heteroatoms. The maximum atomic E-state index is 11.0. The Bertz CT molecular complexity index is 556. The molecule has 5 nitrogen and oxygen atoms in total. The van der Waals surface area contributed by atoms with Gasteiger partial charge in [-0.25, -0.2) is 4.79 Å². The minimum absolute atomic E-state index is 0.559. The van der Waals surface area contributed by atoms with Crippen molar-refractivity contribution in [2.75, 3.05) is 24.6 Å². The summed E-state index contributed by atoms with van der Waals surface area (Å²) in [4.78, 5) is 12.5. The van der Waals surface area contributed by atoms with Crippen molar-refractivity contribution < 1.29 is 9.90 Å². The number of benzene rings is 1. The summed E-state index contributed by atoms with van der Waals surface area (Å²) in [5.41, 5.74) is 3.68. The number of para-hydroxylation sites is 1. The second-order valence-corrected chi connectivity index (χ2v) is 5.64. The lowest BCUT2D eigenvalue weighted by molar-refractivity contribution is 0.147. The molecule has 0 spiro atoms. The van der Waals surface area contributed by atoms with E-state index >= 15 is 0 Å². The molecule has 0 bridgehead atoms. The summed E-state index contributed by atoms with van der Waals surface area (Å²) >= 11 is 0. The van der Waals surface area contributed by atoms with Crippen molar-refractivity contribution in [1.82, 2.24) is 4.90 Å². The van der Waals surface area contributed by atoms with Gasteiger partial charge in [-0.3, -0.25) is 5.01 Å². The van der Waals surface area contributed by atoms with E-state index in [1.807, 2.05) is 0 Å². The van der Waals surface area contributed by atoms with E-state index in [1.54, 1.807) is 0 Å². The highest BCUT2D eigenvalue weighted by molar-refractivity contribution is 5.86. The highest BCUT2D eigenvalue weighted by Gasteiger charge is 2.20. The van der Waals surface area contributed by atoms with E-state index in [-0.39, 0.29) is 0 Å². The zero-order chi connectivity index (χ0) is 14.7. The number of nitrogens with zero attached hydrogens (tertiary/aromatic N) is 3. The summed E-state index contributed by atoms with van der Waals surface area (Å²) in [6.07, 6.45) is 3.91. The topological polar surface area (TPSA) is 56.1 Å². The van der Waals surface area contributed by atoms with Crippen LogP contribution < -0.4 is 5.01 Å². The molecule has 1 amide bonds. The number of fused-ring (bicyclic) bond motifs is 1. The predicted octanol–water partition coefficient (Wildman–Crippen LogP) is 2.96. The van der Waals surface area contributed by atoms with Crippen LogP contribution in [0, 0.1) is 0 Å². The molecule has 112 valence electrons. The van der Waals surface area contributed by atoms with Gasteiger partial charge in [-0.2, -0.15) is 5.10 Å². The van der Waals surface area contributed by atoms with Crippen LogP contribution in [-0.2, 0) is 6.42 Å². The van der Waals surface area contributed by atoms with Gasteiger partial charge in [-0.1, -0.05) is 18.2 Å². The summed E-state index contributed by atoms with van der Waals surface area (Å²) in [5, 5.41) is 16.0. The standard InChI is InChI=1S/C16H21N3O2/c20-16(21)18-10-4-7-14(9-12-18)17-19-11-3-6-13-5-1-2-8-15(13)19/h1-2,5,8H,3-4,6-7,9-12H2,(H,20,21). The minimum atomic E-state index is -0.820. The lowest BCUT2D eigenvalue weighted by Crippen LogP contribution is -2.30. The fraction of sp³-hybridized carbons (Fsp3) is 0.500. The number of hydrogen-bond donors (Lipinski definition) is 1. The second kappa shape index (κ2) is 6.16. The van der Waals surface area contributed by atoms with Crippen molar-refractivity contribution in [2.24, 2.45) is 5.10 Å².